The minimum absolute atomic E-state index is 0.194. The van der Waals surface area contributed by atoms with E-state index in [0.29, 0.717) is 15.2 Å². The van der Waals surface area contributed by atoms with Crippen LogP contribution in [0.25, 0.3) is 0 Å². The number of hydrogen-bond acceptors (Lipinski definition) is 3. The van der Waals surface area contributed by atoms with E-state index < -0.39 is 0 Å². The highest BCUT2D eigenvalue weighted by molar-refractivity contribution is 9.10. The zero-order valence-electron chi connectivity index (χ0n) is 7.09. The first-order valence-electron chi connectivity index (χ1n) is 4.03. The Morgan fingerprint density at radius 1 is 1.57 bits per heavy atom. The van der Waals surface area contributed by atoms with Gasteiger partial charge >= 0.3 is 5.97 Å². The first-order valence-corrected chi connectivity index (χ1v) is 5.20. The molecule has 0 bridgehead atoms. The molecule has 3 nitrogen and oxygen atoms in total. The highest BCUT2D eigenvalue weighted by Gasteiger charge is 2.26. The van der Waals surface area contributed by atoms with Gasteiger partial charge in [0.1, 0.15) is 5.75 Å². The SMILES string of the molecule is NC1CC(=O)Oc2c(Br)cc(Cl)cc21. The van der Waals surface area contributed by atoms with Gasteiger partial charge in [-0.15, -0.1) is 0 Å². The van der Waals surface area contributed by atoms with Crippen molar-refractivity contribution in [3.63, 3.8) is 0 Å². The van der Waals surface area contributed by atoms with E-state index in [0.717, 1.165) is 5.56 Å². The highest BCUT2D eigenvalue weighted by atomic mass is 79.9. The van der Waals surface area contributed by atoms with Crippen molar-refractivity contribution in [1.29, 1.82) is 0 Å². The van der Waals surface area contributed by atoms with Gasteiger partial charge in [-0.05, 0) is 28.1 Å². The molecule has 2 N–H and O–H groups in total. The summed E-state index contributed by atoms with van der Waals surface area (Å²) in [5.74, 6) is 0.172. The second kappa shape index (κ2) is 3.53. The Bertz CT molecular complexity index is 408. The molecule has 0 saturated heterocycles. The fraction of sp³-hybridized carbons (Fsp3) is 0.222. The summed E-state index contributed by atoms with van der Waals surface area (Å²) in [4.78, 5) is 11.1. The summed E-state index contributed by atoms with van der Waals surface area (Å²) in [6.45, 7) is 0. The van der Waals surface area contributed by atoms with Crippen LogP contribution in [-0.4, -0.2) is 5.97 Å². The number of benzene rings is 1. The number of nitrogens with two attached hydrogens (primary N) is 1. The monoisotopic (exact) mass is 275 g/mol. The average molecular weight is 277 g/mol. The third-order valence-electron chi connectivity index (χ3n) is 2.04. The smallest absolute Gasteiger partial charge is 0.313 e. The molecule has 1 heterocycles. The Morgan fingerprint density at radius 2 is 2.29 bits per heavy atom. The lowest BCUT2D eigenvalue weighted by Gasteiger charge is -2.22. The zero-order chi connectivity index (χ0) is 10.3. The molecular weight excluding hydrogens is 269 g/mol. The largest absolute Gasteiger partial charge is 0.425 e. The van der Waals surface area contributed by atoms with E-state index in [2.05, 4.69) is 15.9 Å². The van der Waals surface area contributed by atoms with E-state index in [4.69, 9.17) is 22.1 Å². The molecule has 0 spiro atoms. The van der Waals surface area contributed by atoms with Crippen LogP contribution >= 0.6 is 27.5 Å². The Morgan fingerprint density at radius 3 is 3.00 bits per heavy atom. The number of halogens is 2. The normalized spacial score (nSPS) is 20.2. The Kier molecular flexibility index (Phi) is 2.51. The molecule has 1 aromatic rings. The lowest BCUT2D eigenvalue weighted by atomic mass is 10.0. The summed E-state index contributed by atoms with van der Waals surface area (Å²) in [5.41, 5.74) is 6.56. The van der Waals surface area contributed by atoms with Crippen LogP contribution in [0.5, 0.6) is 5.75 Å². The molecule has 0 fully saturated rings. The fourth-order valence-electron chi connectivity index (χ4n) is 1.41. The number of rotatable bonds is 0. The van der Waals surface area contributed by atoms with E-state index in [1.54, 1.807) is 12.1 Å². The molecule has 0 amide bonds. The maximum atomic E-state index is 11.1. The summed E-state index contributed by atoms with van der Waals surface area (Å²) < 4.78 is 5.72. The molecule has 14 heavy (non-hydrogen) atoms. The van der Waals surface area contributed by atoms with Crippen molar-refractivity contribution < 1.29 is 9.53 Å². The molecule has 5 heteroatoms. The van der Waals surface area contributed by atoms with Crippen LogP contribution < -0.4 is 10.5 Å². The van der Waals surface area contributed by atoms with E-state index >= 15 is 0 Å². The summed E-state index contributed by atoms with van der Waals surface area (Å²) in [5, 5.41) is 0.573. The quantitative estimate of drug-likeness (QED) is 0.585. The third kappa shape index (κ3) is 1.65. The van der Waals surface area contributed by atoms with Gasteiger partial charge in [0.2, 0.25) is 0 Å². The number of esters is 1. The maximum Gasteiger partial charge on any atom is 0.313 e. The maximum absolute atomic E-state index is 11.1. The van der Waals surface area contributed by atoms with E-state index in [1.807, 2.05) is 0 Å². The molecule has 1 atom stereocenters. The van der Waals surface area contributed by atoms with Gasteiger partial charge in [-0.1, -0.05) is 11.6 Å². The second-order valence-electron chi connectivity index (χ2n) is 3.09. The Balaban J connectivity index is 2.58. The summed E-state index contributed by atoms with van der Waals surface area (Å²) in [6.07, 6.45) is 0.194. The van der Waals surface area contributed by atoms with Crippen molar-refractivity contribution in [2.45, 2.75) is 12.5 Å². The van der Waals surface area contributed by atoms with Crippen LogP contribution in [0.3, 0.4) is 0 Å². The molecule has 1 aliphatic heterocycles. The van der Waals surface area contributed by atoms with Gasteiger partial charge in [-0.3, -0.25) is 4.79 Å². The molecule has 1 aliphatic rings. The lowest BCUT2D eigenvalue weighted by Crippen LogP contribution is -2.25. The standard InChI is InChI=1S/C9H7BrClNO2/c10-6-2-4(11)1-5-7(12)3-8(13)14-9(5)6/h1-2,7H,3,12H2. The number of carbonyl (C=O) groups is 1. The summed E-state index contributed by atoms with van der Waals surface area (Å²) in [7, 11) is 0. The van der Waals surface area contributed by atoms with Gasteiger partial charge in [0.25, 0.3) is 0 Å². The first-order chi connectivity index (χ1) is 6.58. The Hall–Kier alpha value is -0.580. The predicted octanol–water partition coefficient (Wildman–Crippen LogP) is 2.41. The van der Waals surface area contributed by atoms with Crippen molar-refractivity contribution in [1.82, 2.24) is 0 Å². The molecule has 0 aromatic heterocycles. The van der Waals surface area contributed by atoms with Crippen molar-refractivity contribution in [2.24, 2.45) is 5.73 Å². The van der Waals surface area contributed by atoms with E-state index in [-0.39, 0.29) is 18.4 Å². The van der Waals surface area contributed by atoms with Crippen molar-refractivity contribution in [3.8, 4) is 5.75 Å². The van der Waals surface area contributed by atoms with E-state index in [9.17, 15) is 4.79 Å². The van der Waals surface area contributed by atoms with Crippen molar-refractivity contribution in [2.75, 3.05) is 0 Å². The van der Waals surface area contributed by atoms with Crippen LogP contribution in [0.4, 0.5) is 0 Å². The van der Waals surface area contributed by atoms with Gasteiger partial charge in [-0.2, -0.15) is 0 Å². The van der Waals surface area contributed by atoms with Crippen LogP contribution in [0.1, 0.15) is 18.0 Å². The number of ether oxygens (including phenoxy) is 1. The topological polar surface area (TPSA) is 52.3 Å². The van der Waals surface area contributed by atoms with Crippen LogP contribution in [0.15, 0.2) is 16.6 Å². The fourth-order valence-corrected chi connectivity index (χ4v) is 2.32. The van der Waals surface area contributed by atoms with Gasteiger partial charge in [0.15, 0.2) is 0 Å². The van der Waals surface area contributed by atoms with Crippen LogP contribution in [0.2, 0.25) is 5.02 Å². The third-order valence-corrected chi connectivity index (χ3v) is 2.85. The molecule has 0 aliphatic carbocycles. The minimum Gasteiger partial charge on any atom is -0.425 e. The number of fused-ring (bicyclic) bond motifs is 1. The predicted molar refractivity (Wildman–Crippen MR) is 56.3 cm³/mol. The Labute approximate surface area is 94.3 Å². The van der Waals surface area contributed by atoms with Crippen molar-refractivity contribution >= 4 is 33.5 Å². The molecule has 0 radical (unpaired) electrons. The number of hydrogen-bond donors (Lipinski definition) is 1. The van der Waals surface area contributed by atoms with Gasteiger partial charge in [-0.25, -0.2) is 0 Å². The van der Waals surface area contributed by atoms with Crippen molar-refractivity contribution in [3.05, 3.63) is 27.2 Å². The molecule has 0 saturated carbocycles. The molecule has 2 rings (SSSR count). The first kappa shape index (κ1) is 9.96. The van der Waals surface area contributed by atoms with Crippen LogP contribution in [0, 0.1) is 0 Å². The highest BCUT2D eigenvalue weighted by Crippen LogP contribution is 2.39. The molecule has 1 unspecified atom stereocenters. The molecule has 74 valence electrons. The zero-order valence-corrected chi connectivity index (χ0v) is 9.43. The molecule has 1 aromatic carbocycles. The summed E-state index contributed by atoms with van der Waals surface area (Å²) in [6, 6.07) is 3.06. The van der Waals surface area contributed by atoms with Gasteiger partial charge in [0.05, 0.1) is 10.9 Å². The van der Waals surface area contributed by atoms with E-state index in [1.165, 1.54) is 0 Å². The van der Waals surface area contributed by atoms with Gasteiger partial charge in [0, 0.05) is 16.6 Å². The minimum atomic E-state index is -0.332. The van der Waals surface area contributed by atoms with Crippen LogP contribution in [-0.2, 0) is 4.79 Å². The molecular formula is C9H7BrClNO2. The average Bonchev–Trinajstić information content (AvgIpc) is 2.07. The summed E-state index contributed by atoms with van der Waals surface area (Å²) >= 11 is 9.13. The number of carbonyl (C=O) groups excluding carboxylic acids is 1. The second-order valence-corrected chi connectivity index (χ2v) is 4.38. The van der Waals surface area contributed by atoms with Gasteiger partial charge < -0.3 is 10.5 Å². The lowest BCUT2D eigenvalue weighted by molar-refractivity contribution is -0.135.